The maximum absolute atomic E-state index is 13.3. The summed E-state index contributed by atoms with van der Waals surface area (Å²) < 4.78 is 6.96. The first kappa shape index (κ1) is 21.6. The van der Waals surface area contributed by atoms with Crippen LogP contribution in [0.15, 0.2) is 76.3 Å². The van der Waals surface area contributed by atoms with Crippen molar-refractivity contribution in [1.82, 2.24) is 4.98 Å². The number of nitro groups is 1. The molecule has 0 spiro atoms. The zero-order valence-corrected chi connectivity index (χ0v) is 19.0. The first-order valence-corrected chi connectivity index (χ1v) is 10.9. The van der Waals surface area contributed by atoms with Crippen molar-refractivity contribution in [3.8, 4) is 5.75 Å². The summed E-state index contributed by atoms with van der Waals surface area (Å²) in [6.45, 7) is 0. The molecule has 0 N–H and O–H groups in total. The minimum atomic E-state index is -0.473. The Hall–Kier alpha value is -3.63. The lowest BCUT2D eigenvalue weighted by molar-refractivity contribution is -0.384. The van der Waals surface area contributed by atoms with E-state index in [0.29, 0.717) is 27.5 Å². The summed E-state index contributed by atoms with van der Waals surface area (Å²) in [5, 5.41) is 16.8. The Morgan fingerprint density at radius 3 is 2.53 bits per heavy atom. The van der Waals surface area contributed by atoms with Crippen molar-refractivity contribution in [2.75, 3.05) is 12.1 Å². The highest BCUT2D eigenvalue weighted by Crippen LogP contribution is 2.32. The lowest BCUT2D eigenvalue weighted by Gasteiger charge is -2.14. The highest BCUT2D eigenvalue weighted by molar-refractivity contribution is 9.10. The number of carbonyl (C=O) groups is 1. The number of nitrogens with zero attached hydrogens (tertiary/aromatic N) is 4. The molecule has 3 aromatic carbocycles. The number of fused-ring (bicyclic) bond motifs is 1. The summed E-state index contributed by atoms with van der Waals surface area (Å²) in [4.78, 5) is 28.2. The lowest BCUT2D eigenvalue weighted by atomic mass is 10.2. The molecule has 0 saturated heterocycles. The predicted molar refractivity (Wildman–Crippen MR) is 128 cm³/mol. The molecule has 0 bridgehead atoms. The van der Waals surface area contributed by atoms with Crippen molar-refractivity contribution in [2.24, 2.45) is 5.10 Å². The van der Waals surface area contributed by atoms with Gasteiger partial charge in [0.25, 0.3) is 11.6 Å². The fourth-order valence-electron chi connectivity index (χ4n) is 2.82. The van der Waals surface area contributed by atoms with Gasteiger partial charge in [0, 0.05) is 22.2 Å². The molecular formula is C22H15BrN4O4S. The van der Waals surface area contributed by atoms with Gasteiger partial charge in [0.15, 0.2) is 0 Å². The molecule has 4 aromatic rings. The molecule has 1 amide bonds. The zero-order chi connectivity index (χ0) is 22.7. The van der Waals surface area contributed by atoms with E-state index in [1.165, 1.54) is 34.7 Å². The van der Waals surface area contributed by atoms with Crippen molar-refractivity contribution >= 4 is 60.4 Å². The van der Waals surface area contributed by atoms with Gasteiger partial charge in [-0.05, 0) is 60.2 Å². The van der Waals surface area contributed by atoms with Crippen LogP contribution < -0.4 is 9.75 Å². The number of carbonyl (C=O) groups excluding carboxylic acids is 1. The molecule has 1 aromatic heterocycles. The van der Waals surface area contributed by atoms with Gasteiger partial charge in [-0.15, -0.1) is 0 Å². The third-order valence-corrected chi connectivity index (χ3v) is 6.00. The number of amides is 1. The molecule has 0 atom stereocenters. The third kappa shape index (κ3) is 4.66. The Bertz CT molecular complexity index is 1320. The maximum Gasteiger partial charge on any atom is 0.280 e. The van der Waals surface area contributed by atoms with Gasteiger partial charge >= 0.3 is 0 Å². The standard InChI is InChI=1S/C22H15BrN4O4S/c1-31-18-10-11-19-20(12-18)32-22(25-19)26(21(28)15-4-6-16(23)7-5-15)24-13-14-2-8-17(9-3-14)27(29)30/h2-13H,1H3/b24-13+. The van der Waals surface area contributed by atoms with E-state index in [4.69, 9.17) is 4.74 Å². The van der Waals surface area contributed by atoms with Crippen LogP contribution in [0.5, 0.6) is 5.75 Å². The quantitative estimate of drug-likeness (QED) is 0.189. The number of hydrazone groups is 1. The average molecular weight is 511 g/mol. The number of hydrogen-bond donors (Lipinski definition) is 0. The summed E-state index contributed by atoms with van der Waals surface area (Å²) in [6, 6.07) is 18.3. The van der Waals surface area contributed by atoms with Gasteiger partial charge < -0.3 is 4.74 Å². The fourth-order valence-corrected chi connectivity index (χ4v) is 4.04. The van der Waals surface area contributed by atoms with Crippen LogP contribution >= 0.6 is 27.3 Å². The minimum Gasteiger partial charge on any atom is -0.497 e. The SMILES string of the molecule is COc1ccc2nc(N(/N=C/c3ccc([N+](=O)[O-])cc3)C(=O)c3ccc(Br)cc3)sc2c1. The molecule has 0 aliphatic carbocycles. The van der Waals surface area contributed by atoms with Crippen molar-refractivity contribution < 1.29 is 14.5 Å². The van der Waals surface area contributed by atoms with Crippen molar-refractivity contribution in [1.29, 1.82) is 0 Å². The largest absolute Gasteiger partial charge is 0.497 e. The number of methoxy groups -OCH3 is 1. The fraction of sp³-hybridized carbons (Fsp3) is 0.0455. The van der Waals surface area contributed by atoms with Crippen LogP contribution in [0.4, 0.5) is 10.8 Å². The lowest BCUT2D eigenvalue weighted by Crippen LogP contribution is -2.25. The maximum atomic E-state index is 13.3. The molecule has 160 valence electrons. The number of thiazole rings is 1. The molecule has 0 aliphatic rings. The molecule has 0 fully saturated rings. The highest BCUT2D eigenvalue weighted by atomic mass is 79.9. The van der Waals surface area contributed by atoms with Crippen LogP contribution in [-0.2, 0) is 0 Å². The predicted octanol–water partition coefficient (Wildman–Crippen LogP) is 5.66. The Kier molecular flexibility index (Phi) is 6.24. The summed E-state index contributed by atoms with van der Waals surface area (Å²) >= 11 is 4.67. The molecular weight excluding hydrogens is 496 g/mol. The van der Waals surface area contributed by atoms with E-state index < -0.39 is 4.92 Å². The number of anilines is 1. The van der Waals surface area contributed by atoms with Crippen LogP contribution in [0.3, 0.4) is 0 Å². The molecule has 1 heterocycles. The number of nitro benzene ring substituents is 1. The first-order chi connectivity index (χ1) is 15.4. The summed E-state index contributed by atoms with van der Waals surface area (Å²) in [5.74, 6) is 0.328. The van der Waals surface area contributed by atoms with Gasteiger partial charge in [-0.25, -0.2) is 4.98 Å². The molecule has 8 nitrogen and oxygen atoms in total. The van der Waals surface area contributed by atoms with Gasteiger partial charge in [-0.3, -0.25) is 14.9 Å². The topological polar surface area (TPSA) is 97.9 Å². The van der Waals surface area contributed by atoms with E-state index >= 15 is 0 Å². The van der Waals surface area contributed by atoms with Crippen LogP contribution in [0, 0.1) is 10.1 Å². The van der Waals surface area contributed by atoms with Crippen LogP contribution in [0.2, 0.25) is 0 Å². The minimum absolute atomic E-state index is 0.0231. The Morgan fingerprint density at radius 2 is 1.88 bits per heavy atom. The second-order valence-corrected chi connectivity index (χ2v) is 8.47. The molecule has 0 saturated carbocycles. The van der Waals surface area contributed by atoms with Crippen LogP contribution in [0.25, 0.3) is 10.2 Å². The summed E-state index contributed by atoms with van der Waals surface area (Å²) in [7, 11) is 1.58. The number of rotatable bonds is 6. The first-order valence-electron chi connectivity index (χ1n) is 9.27. The number of ether oxygens (including phenoxy) is 1. The van der Waals surface area contributed by atoms with Gasteiger partial charge in [-0.1, -0.05) is 27.3 Å². The number of benzene rings is 3. The normalized spacial score (nSPS) is 11.1. The third-order valence-electron chi connectivity index (χ3n) is 4.48. The monoisotopic (exact) mass is 510 g/mol. The Balaban J connectivity index is 1.73. The number of halogens is 1. The molecule has 10 heteroatoms. The Labute approximate surface area is 195 Å². The summed E-state index contributed by atoms with van der Waals surface area (Å²) in [5.41, 5.74) is 1.73. The van der Waals surface area contributed by atoms with Crippen molar-refractivity contribution in [3.63, 3.8) is 0 Å². The van der Waals surface area contributed by atoms with Gasteiger partial charge in [-0.2, -0.15) is 10.1 Å². The Morgan fingerprint density at radius 1 is 1.16 bits per heavy atom. The van der Waals surface area contributed by atoms with E-state index in [-0.39, 0.29) is 11.6 Å². The molecule has 0 aliphatic heterocycles. The van der Waals surface area contributed by atoms with Gasteiger partial charge in [0.05, 0.1) is 28.5 Å². The van der Waals surface area contributed by atoms with Crippen molar-refractivity contribution in [2.45, 2.75) is 0 Å². The molecule has 0 radical (unpaired) electrons. The van der Waals surface area contributed by atoms with Gasteiger partial charge in [0.1, 0.15) is 5.75 Å². The van der Waals surface area contributed by atoms with E-state index in [0.717, 1.165) is 9.17 Å². The van der Waals surface area contributed by atoms with Gasteiger partial charge in [0.2, 0.25) is 5.13 Å². The average Bonchev–Trinajstić information content (AvgIpc) is 3.22. The zero-order valence-electron chi connectivity index (χ0n) is 16.6. The summed E-state index contributed by atoms with van der Waals surface area (Å²) in [6.07, 6.45) is 1.47. The van der Waals surface area contributed by atoms with E-state index in [1.54, 1.807) is 49.6 Å². The van der Waals surface area contributed by atoms with E-state index in [1.807, 2.05) is 12.1 Å². The smallest absolute Gasteiger partial charge is 0.280 e. The van der Waals surface area contributed by atoms with E-state index in [2.05, 4.69) is 26.0 Å². The second-order valence-electron chi connectivity index (χ2n) is 6.55. The number of non-ortho nitro benzene ring substituents is 1. The number of hydrogen-bond acceptors (Lipinski definition) is 7. The highest BCUT2D eigenvalue weighted by Gasteiger charge is 2.21. The van der Waals surface area contributed by atoms with Crippen LogP contribution in [0.1, 0.15) is 15.9 Å². The number of aromatic nitrogens is 1. The van der Waals surface area contributed by atoms with E-state index in [9.17, 15) is 14.9 Å². The molecule has 32 heavy (non-hydrogen) atoms. The van der Waals surface area contributed by atoms with Crippen molar-refractivity contribution in [3.05, 3.63) is 92.4 Å². The van der Waals surface area contributed by atoms with Crippen LogP contribution in [-0.4, -0.2) is 29.1 Å². The second kappa shape index (κ2) is 9.25. The molecule has 0 unspecified atom stereocenters. The molecule has 4 rings (SSSR count).